The van der Waals surface area contributed by atoms with E-state index in [9.17, 15) is 13.6 Å². The molecule has 7 heteroatoms. The molecular formula is C12H8ClF2N3O. The van der Waals surface area contributed by atoms with Crippen molar-refractivity contribution >= 4 is 29.0 Å². The van der Waals surface area contributed by atoms with Crippen molar-refractivity contribution in [2.75, 3.05) is 11.1 Å². The van der Waals surface area contributed by atoms with E-state index in [0.29, 0.717) is 0 Å². The Morgan fingerprint density at radius 3 is 2.74 bits per heavy atom. The Labute approximate surface area is 112 Å². The number of nitrogens with one attached hydrogen (secondary N) is 1. The zero-order valence-electron chi connectivity index (χ0n) is 9.45. The number of nitrogens with two attached hydrogens (primary N) is 1. The van der Waals surface area contributed by atoms with Gasteiger partial charge in [-0.2, -0.15) is 0 Å². The maximum absolute atomic E-state index is 13.6. The van der Waals surface area contributed by atoms with Gasteiger partial charge >= 0.3 is 0 Å². The number of anilines is 2. The van der Waals surface area contributed by atoms with E-state index in [4.69, 9.17) is 17.3 Å². The van der Waals surface area contributed by atoms with E-state index in [1.54, 1.807) is 0 Å². The molecule has 0 spiro atoms. The van der Waals surface area contributed by atoms with Crippen LogP contribution in [0.15, 0.2) is 30.5 Å². The van der Waals surface area contributed by atoms with Crippen LogP contribution in [0.2, 0.25) is 5.02 Å². The summed E-state index contributed by atoms with van der Waals surface area (Å²) in [7, 11) is 0. The maximum Gasteiger partial charge on any atom is 0.258 e. The number of carbonyl (C=O) groups excluding carboxylic acids is 1. The molecule has 4 nitrogen and oxygen atoms in total. The molecule has 1 aromatic carbocycles. The number of aromatic nitrogens is 1. The average molecular weight is 284 g/mol. The van der Waals surface area contributed by atoms with E-state index in [-0.39, 0.29) is 22.1 Å². The third-order valence-corrected chi connectivity index (χ3v) is 2.63. The zero-order chi connectivity index (χ0) is 14.0. The van der Waals surface area contributed by atoms with Gasteiger partial charge in [-0.15, -0.1) is 0 Å². The van der Waals surface area contributed by atoms with Gasteiger partial charge in [0.15, 0.2) is 11.6 Å². The molecule has 0 radical (unpaired) electrons. The summed E-state index contributed by atoms with van der Waals surface area (Å²) in [4.78, 5) is 15.3. The van der Waals surface area contributed by atoms with Crippen molar-refractivity contribution in [1.82, 2.24) is 4.98 Å². The molecular weight excluding hydrogens is 276 g/mol. The molecule has 0 saturated carbocycles. The van der Waals surface area contributed by atoms with Crippen LogP contribution < -0.4 is 11.1 Å². The van der Waals surface area contributed by atoms with Gasteiger partial charge in [0.1, 0.15) is 5.82 Å². The topological polar surface area (TPSA) is 68.0 Å². The van der Waals surface area contributed by atoms with E-state index in [1.807, 2.05) is 0 Å². The number of hydrogen-bond donors (Lipinski definition) is 2. The number of nitrogens with zero attached hydrogens (tertiary/aromatic N) is 1. The summed E-state index contributed by atoms with van der Waals surface area (Å²) >= 11 is 5.57. The van der Waals surface area contributed by atoms with Crippen molar-refractivity contribution in [1.29, 1.82) is 0 Å². The molecule has 3 N–H and O–H groups in total. The van der Waals surface area contributed by atoms with E-state index >= 15 is 0 Å². The van der Waals surface area contributed by atoms with Crippen molar-refractivity contribution in [2.45, 2.75) is 0 Å². The average Bonchev–Trinajstić information content (AvgIpc) is 2.37. The lowest BCUT2D eigenvalue weighted by molar-refractivity contribution is 0.102. The Kier molecular flexibility index (Phi) is 3.62. The van der Waals surface area contributed by atoms with Crippen LogP contribution in [0.3, 0.4) is 0 Å². The summed E-state index contributed by atoms with van der Waals surface area (Å²) in [5.41, 5.74) is 5.24. The number of hydrogen-bond acceptors (Lipinski definition) is 3. The van der Waals surface area contributed by atoms with Crippen LogP contribution in [0.1, 0.15) is 10.4 Å². The molecule has 0 atom stereocenters. The highest BCUT2D eigenvalue weighted by Gasteiger charge is 2.15. The number of carbonyl (C=O) groups is 1. The molecule has 0 aliphatic carbocycles. The Morgan fingerprint density at radius 1 is 1.32 bits per heavy atom. The first-order chi connectivity index (χ1) is 8.99. The van der Waals surface area contributed by atoms with Crippen molar-refractivity contribution < 1.29 is 13.6 Å². The lowest BCUT2D eigenvalue weighted by Crippen LogP contribution is -2.15. The van der Waals surface area contributed by atoms with Gasteiger partial charge in [0.05, 0.1) is 10.6 Å². The van der Waals surface area contributed by atoms with Crippen molar-refractivity contribution in [3.8, 4) is 0 Å². The summed E-state index contributed by atoms with van der Waals surface area (Å²) < 4.78 is 26.5. The highest BCUT2D eigenvalue weighted by atomic mass is 35.5. The molecule has 19 heavy (non-hydrogen) atoms. The molecule has 0 unspecified atom stereocenters. The summed E-state index contributed by atoms with van der Waals surface area (Å²) in [6, 6.07) is 4.81. The second-order valence-electron chi connectivity index (χ2n) is 3.64. The van der Waals surface area contributed by atoms with Crippen molar-refractivity contribution in [3.05, 3.63) is 52.7 Å². The van der Waals surface area contributed by atoms with Crippen LogP contribution in [0.25, 0.3) is 0 Å². The van der Waals surface area contributed by atoms with Crippen LogP contribution in [-0.2, 0) is 0 Å². The van der Waals surface area contributed by atoms with E-state index < -0.39 is 17.5 Å². The van der Waals surface area contributed by atoms with Crippen LogP contribution >= 0.6 is 11.6 Å². The van der Waals surface area contributed by atoms with Crippen LogP contribution in [0.5, 0.6) is 0 Å². The first-order valence-corrected chi connectivity index (χ1v) is 5.53. The smallest absolute Gasteiger partial charge is 0.258 e. The molecule has 98 valence electrons. The molecule has 1 amide bonds. The van der Waals surface area contributed by atoms with Crippen LogP contribution in [0, 0.1) is 11.6 Å². The zero-order valence-corrected chi connectivity index (χ0v) is 10.2. The molecule has 0 fully saturated rings. The van der Waals surface area contributed by atoms with Crippen LogP contribution in [0.4, 0.5) is 20.3 Å². The molecule has 2 rings (SSSR count). The second kappa shape index (κ2) is 5.19. The van der Waals surface area contributed by atoms with Gasteiger partial charge in [0.2, 0.25) is 0 Å². The summed E-state index contributed by atoms with van der Waals surface area (Å²) in [6.07, 6.45) is 1.21. The number of pyridine rings is 1. The fourth-order valence-corrected chi connectivity index (χ4v) is 1.59. The predicted molar refractivity (Wildman–Crippen MR) is 68.0 cm³/mol. The fraction of sp³-hybridized carbons (Fsp3) is 0. The second-order valence-corrected chi connectivity index (χ2v) is 4.05. The predicted octanol–water partition coefficient (Wildman–Crippen LogP) is 2.85. The third kappa shape index (κ3) is 2.79. The highest BCUT2D eigenvalue weighted by molar-refractivity contribution is 6.31. The Balaban J connectivity index is 2.26. The van der Waals surface area contributed by atoms with Gasteiger partial charge in [-0.05, 0) is 24.3 Å². The van der Waals surface area contributed by atoms with Gasteiger partial charge in [0, 0.05) is 11.9 Å². The van der Waals surface area contributed by atoms with Crippen LogP contribution in [-0.4, -0.2) is 10.9 Å². The highest BCUT2D eigenvalue weighted by Crippen LogP contribution is 2.20. The summed E-state index contributed by atoms with van der Waals surface area (Å²) in [6.45, 7) is 0. The number of halogens is 3. The molecule has 0 aliphatic rings. The molecule has 0 aliphatic heterocycles. The SMILES string of the molecule is Nc1nccc(C(=O)Nc2ccc(F)c(Cl)c2)c1F. The van der Waals surface area contributed by atoms with Gasteiger partial charge < -0.3 is 11.1 Å². The van der Waals surface area contributed by atoms with Gasteiger partial charge in [-0.3, -0.25) is 4.79 Å². The van der Waals surface area contributed by atoms with Gasteiger partial charge in [-0.25, -0.2) is 13.8 Å². The van der Waals surface area contributed by atoms with E-state index in [1.165, 1.54) is 24.4 Å². The Morgan fingerprint density at radius 2 is 2.05 bits per heavy atom. The lowest BCUT2D eigenvalue weighted by atomic mass is 10.2. The number of rotatable bonds is 2. The number of benzene rings is 1. The Hall–Kier alpha value is -2.21. The molecule has 0 saturated heterocycles. The normalized spacial score (nSPS) is 10.3. The molecule has 0 bridgehead atoms. The first-order valence-electron chi connectivity index (χ1n) is 5.15. The molecule has 1 heterocycles. The monoisotopic (exact) mass is 283 g/mol. The van der Waals surface area contributed by atoms with E-state index in [2.05, 4.69) is 10.3 Å². The minimum absolute atomic E-state index is 0.146. The molecule has 2 aromatic rings. The van der Waals surface area contributed by atoms with Gasteiger partial charge in [0.25, 0.3) is 5.91 Å². The number of nitrogen functional groups attached to an aromatic ring is 1. The maximum atomic E-state index is 13.6. The first kappa shape index (κ1) is 13.2. The Bertz CT molecular complexity index is 649. The fourth-order valence-electron chi connectivity index (χ4n) is 1.41. The number of amides is 1. The minimum atomic E-state index is -0.909. The molecule has 1 aromatic heterocycles. The third-order valence-electron chi connectivity index (χ3n) is 2.34. The van der Waals surface area contributed by atoms with E-state index in [0.717, 1.165) is 6.07 Å². The summed E-state index contributed by atoms with van der Waals surface area (Å²) in [5, 5.41) is 2.24. The standard InChI is InChI=1S/C12H8ClF2N3O/c13-8-5-6(1-2-9(8)14)18-12(19)7-3-4-17-11(16)10(7)15/h1-5H,(H2,16,17)(H,18,19). The van der Waals surface area contributed by atoms with Crippen molar-refractivity contribution in [3.63, 3.8) is 0 Å². The summed E-state index contributed by atoms with van der Waals surface area (Å²) in [5.74, 6) is -2.62. The largest absolute Gasteiger partial charge is 0.381 e. The van der Waals surface area contributed by atoms with Crippen molar-refractivity contribution in [2.24, 2.45) is 0 Å². The minimum Gasteiger partial charge on any atom is -0.381 e. The quantitative estimate of drug-likeness (QED) is 0.890. The van der Waals surface area contributed by atoms with Gasteiger partial charge in [-0.1, -0.05) is 11.6 Å². The lowest BCUT2D eigenvalue weighted by Gasteiger charge is -2.07.